The Morgan fingerprint density at radius 3 is 2.79 bits per heavy atom. The van der Waals surface area contributed by atoms with Gasteiger partial charge < -0.3 is 20.5 Å². The molecular formula is C13H16N4O2. The van der Waals surface area contributed by atoms with Crippen molar-refractivity contribution in [2.24, 2.45) is 16.5 Å². The Hall–Kier alpha value is -2.21. The van der Waals surface area contributed by atoms with Crippen molar-refractivity contribution in [3.05, 3.63) is 36.0 Å². The smallest absolute Gasteiger partial charge is 0.211 e. The van der Waals surface area contributed by atoms with Gasteiger partial charge in [-0.3, -0.25) is 5.73 Å². The fourth-order valence-corrected chi connectivity index (χ4v) is 2.08. The average molecular weight is 260 g/mol. The van der Waals surface area contributed by atoms with Gasteiger partial charge in [-0.15, -0.1) is 0 Å². The van der Waals surface area contributed by atoms with E-state index >= 15 is 0 Å². The Morgan fingerprint density at radius 1 is 1.21 bits per heavy atom. The molecule has 2 heterocycles. The summed E-state index contributed by atoms with van der Waals surface area (Å²) in [5, 5.41) is 3.00. The highest BCUT2D eigenvalue weighted by Gasteiger charge is 2.28. The van der Waals surface area contributed by atoms with Crippen LogP contribution < -0.4 is 26.3 Å². The molecule has 0 aliphatic carbocycles. The Balaban J connectivity index is 1.98. The summed E-state index contributed by atoms with van der Waals surface area (Å²) in [4.78, 5) is 4.23. The SMILES string of the molecule is NC1=NC(N)(c2ccc3c(c2)OCCCO3)NC=C1. The van der Waals surface area contributed by atoms with Crippen LogP contribution in [0.25, 0.3) is 0 Å². The molecule has 1 atom stereocenters. The predicted octanol–water partition coefficient (Wildman–Crippen LogP) is 0.391. The van der Waals surface area contributed by atoms with Gasteiger partial charge in [-0.2, -0.15) is 0 Å². The van der Waals surface area contributed by atoms with E-state index in [4.69, 9.17) is 20.9 Å². The summed E-state index contributed by atoms with van der Waals surface area (Å²) < 4.78 is 11.2. The minimum atomic E-state index is -1.07. The third-order valence-electron chi connectivity index (χ3n) is 3.05. The van der Waals surface area contributed by atoms with Crippen LogP contribution in [0.5, 0.6) is 11.5 Å². The van der Waals surface area contributed by atoms with Crippen LogP contribution in [0.15, 0.2) is 35.5 Å². The lowest BCUT2D eigenvalue weighted by Gasteiger charge is -2.29. The summed E-state index contributed by atoms with van der Waals surface area (Å²) in [6.45, 7) is 1.29. The molecule has 100 valence electrons. The number of fused-ring (bicyclic) bond motifs is 1. The van der Waals surface area contributed by atoms with Crippen molar-refractivity contribution in [1.29, 1.82) is 0 Å². The summed E-state index contributed by atoms with van der Waals surface area (Å²) >= 11 is 0. The largest absolute Gasteiger partial charge is 0.490 e. The number of benzene rings is 1. The van der Waals surface area contributed by atoms with Crippen LogP contribution in [0.1, 0.15) is 12.0 Å². The van der Waals surface area contributed by atoms with Crippen molar-refractivity contribution in [3.8, 4) is 11.5 Å². The standard InChI is InChI=1S/C13H16N4O2/c14-12-4-5-16-13(15,17-12)9-2-3-10-11(8-9)19-7-1-6-18-10/h2-5,8,16H,1,6-7,15H2,(H2,14,17). The highest BCUT2D eigenvalue weighted by Crippen LogP contribution is 2.33. The van der Waals surface area contributed by atoms with Crippen LogP contribution in [0, 0.1) is 0 Å². The molecule has 0 amide bonds. The molecule has 5 N–H and O–H groups in total. The van der Waals surface area contributed by atoms with Gasteiger partial charge in [-0.1, -0.05) is 0 Å². The molecule has 0 fully saturated rings. The van der Waals surface area contributed by atoms with E-state index in [1.54, 1.807) is 12.3 Å². The van der Waals surface area contributed by atoms with Gasteiger partial charge in [-0.25, -0.2) is 4.99 Å². The molecule has 3 rings (SSSR count). The second-order valence-electron chi connectivity index (χ2n) is 4.49. The maximum Gasteiger partial charge on any atom is 0.211 e. The van der Waals surface area contributed by atoms with Crippen LogP contribution in [0.2, 0.25) is 0 Å². The maximum atomic E-state index is 6.22. The molecule has 6 nitrogen and oxygen atoms in total. The van der Waals surface area contributed by atoms with Crippen LogP contribution in [-0.4, -0.2) is 19.0 Å². The Kier molecular flexibility index (Phi) is 2.79. The van der Waals surface area contributed by atoms with Gasteiger partial charge in [0.15, 0.2) is 11.5 Å². The zero-order valence-electron chi connectivity index (χ0n) is 10.4. The van der Waals surface area contributed by atoms with E-state index < -0.39 is 5.79 Å². The van der Waals surface area contributed by atoms with Crippen molar-refractivity contribution in [3.63, 3.8) is 0 Å². The number of hydrogen-bond donors (Lipinski definition) is 3. The fourth-order valence-electron chi connectivity index (χ4n) is 2.08. The van der Waals surface area contributed by atoms with Crippen LogP contribution >= 0.6 is 0 Å². The van der Waals surface area contributed by atoms with Gasteiger partial charge in [0.25, 0.3) is 0 Å². The summed E-state index contributed by atoms with van der Waals surface area (Å²) in [5.74, 6) is 0.732. The normalized spacial score (nSPS) is 25.2. The van der Waals surface area contributed by atoms with Gasteiger partial charge in [0.05, 0.1) is 13.2 Å². The zero-order valence-corrected chi connectivity index (χ0v) is 10.4. The van der Waals surface area contributed by atoms with Gasteiger partial charge >= 0.3 is 0 Å². The molecule has 0 saturated carbocycles. The Bertz CT molecular complexity index is 556. The molecule has 1 unspecified atom stereocenters. The number of hydrogen-bond acceptors (Lipinski definition) is 6. The van der Waals surface area contributed by atoms with Crippen LogP contribution in [-0.2, 0) is 5.79 Å². The summed E-state index contributed by atoms with van der Waals surface area (Å²) in [5.41, 5.74) is 12.7. The van der Waals surface area contributed by atoms with Crippen LogP contribution in [0.4, 0.5) is 0 Å². The van der Waals surface area contributed by atoms with E-state index in [9.17, 15) is 0 Å². The minimum Gasteiger partial charge on any atom is -0.490 e. The second-order valence-corrected chi connectivity index (χ2v) is 4.49. The first-order valence-electron chi connectivity index (χ1n) is 6.16. The number of amidine groups is 1. The highest BCUT2D eigenvalue weighted by molar-refractivity contribution is 5.92. The zero-order chi connectivity index (χ0) is 13.3. The minimum absolute atomic E-state index is 0.383. The van der Waals surface area contributed by atoms with E-state index in [0.29, 0.717) is 24.8 Å². The number of nitrogens with one attached hydrogen (secondary N) is 1. The first-order chi connectivity index (χ1) is 9.17. The topological polar surface area (TPSA) is 94.9 Å². The molecule has 19 heavy (non-hydrogen) atoms. The van der Waals surface area contributed by atoms with E-state index in [2.05, 4.69) is 10.3 Å². The molecule has 2 aliphatic heterocycles. The van der Waals surface area contributed by atoms with Crippen molar-refractivity contribution < 1.29 is 9.47 Å². The second kappa shape index (κ2) is 4.47. The first kappa shape index (κ1) is 11.9. The van der Waals surface area contributed by atoms with Gasteiger partial charge in [-0.05, 0) is 24.3 Å². The van der Waals surface area contributed by atoms with Crippen molar-refractivity contribution in [2.45, 2.75) is 12.2 Å². The van der Waals surface area contributed by atoms with Crippen molar-refractivity contribution >= 4 is 5.84 Å². The third kappa shape index (κ3) is 2.22. The molecule has 0 radical (unpaired) electrons. The van der Waals surface area contributed by atoms with Gasteiger partial charge in [0.2, 0.25) is 5.79 Å². The summed E-state index contributed by atoms with van der Waals surface area (Å²) in [6.07, 6.45) is 4.21. The monoisotopic (exact) mass is 260 g/mol. The lowest BCUT2D eigenvalue weighted by atomic mass is 10.1. The first-order valence-corrected chi connectivity index (χ1v) is 6.16. The Labute approximate surface area is 111 Å². The number of nitrogens with zero attached hydrogens (tertiary/aromatic N) is 1. The van der Waals surface area contributed by atoms with E-state index in [0.717, 1.165) is 17.7 Å². The average Bonchev–Trinajstić information content (AvgIpc) is 2.62. The molecular weight excluding hydrogens is 244 g/mol. The fraction of sp³-hybridized carbons (Fsp3) is 0.308. The maximum absolute atomic E-state index is 6.22. The number of aliphatic imine (C=N–C) groups is 1. The third-order valence-corrected chi connectivity index (χ3v) is 3.05. The van der Waals surface area contributed by atoms with Crippen molar-refractivity contribution in [1.82, 2.24) is 5.32 Å². The van der Waals surface area contributed by atoms with Gasteiger partial charge in [0.1, 0.15) is 5.84 Å². The molecule has 0 saturated heterocycles. The van der Waals surface area contributed by atoms with E-state index in [1.165, 1.54) is 0 Å². The van der Waals surface area contributed by atoms with Crippen molar-refractivity contribution in [2.75, 3.05) is 13.2 Å². The molecule has 0 aromatic heterocycles. The highest BCUT2D eigenvalue weighted by atomic mass is 16.5. The molecule has 0 bridgehead atoms. The lowest BCUT2D eigenvalue weighted by Crippen LogP contribution is -2.49. The molecule has 0 spiro atoms. The lowest BCUT2D eigenvalue weighted by molar-refractivity contribution is 0.296. The predicted molar refractivity (Wildman–Crippen MR) is 71.8 cm³/mol. The number of ether oxygens (including phenoxy) is 2. The summed E-state index contributed by atoms with van der Waals surface area (Å²) in [6, 6.07) is 5.54. The van der Waals surface area contributed by atoms with E-state index in [-0.39, 0.29) is 0 Å². The quantitative estimate of drug-likeness (QED) is 0.679. The Morgan fingerprint density at radius 2 is 2.00 bits per heavy atom. The number of nitrogens with two attached hydrogens (primary N) is 2. The summed E-state index contributed by atoms with van der Waals surface area (Å²) in [7, 11) is 0. The molecule has 6 heteroatoms. The van der Waals surface area contributed by atoms with E-state index in [1.807, 2.05) is 18.2 Å². The number of rotatable bonds is 1. The molecule has 2 aliphatic rings. The van der Waals surface area contributed by atoms with Crippen LogP contribution in [0.3, 0.4) is 0 Å². The molecule has 1 aromatic rings. The van der Waals surface area contributed by atoms with Gasteiger partial charge in [0, 0.05) is 18.2 Å². The molecule has 1 aromatic carbocycles.